The van der Waals surface area contributed by atoms with E-state index in [2.05, 4.69) is 60.7 Å². The van der Waals surface area contributed by atoms with Gasteiger partial charge in [0.25, 0.3) is 0 Å². The number of nitrogens with zero attached hydrogens (tertiary/aromatic N) is 2. The summed E-state index contributed by atoms with van der Waals surface area (Å²) in [4.78, 5) is 7.03. The van der Waals surface area contributed by atoms with Crippen LogP contribution in [0.25, 0.3) is 0 Å². The molecule has 0 saturated carbocycles. The lowest BCUT2D eigenvalue weighted by Crippen LogP contribution is -2.36. The minimum Gasteiger partial charge on any atom is -0.493 e. The van der Waals surface area contributed by atoms with Crippen molar-refractivity contribution >= 4 is 29.9 Å². The summed E-state index contributed by atoms with van der Waals surface area (Å²) in [5.74, 6) is 2.24. The first kappa shape index (κ1) is 26.0. The normalized spacial score (nSPS) is 11.1. The Hall–Kier alpha value is -2.00. The third-order valence-corrected chi connectivity index (χ3v) is 4.66. The predicted molar refractivity (Wildman–Crippen MR) is 135 cm³/mol. The third-order valence-electron chi connectivity index (χ3n) is 4.66. The van der Waals surface area contributed by atoms with Crippen molar-refractivity contribution in [3.05, 3.63) is 59.2 Å². The van der Waals surface area contributed by atoms with Gasteiger partial charge in [-0.1, -0.05) is 37.3 Å². The van der Waals surface area contributed by atoms with Crippen molar-refractivity contribution in [3.63, 3.8) is 0 Å². The molecule has 30 heavy (non-hydrogen) atoms. The summed E-state index contributed by atoms with van der Waals surface area (Å²) >= 11 is 0. The maximum Gasteiger partial charge on any atom is 0.191 e. The maximum atomic E-state index is 5.38. The van der Waals surface area contributed by atoms with E-state index in [4.69, 9.17) is 14.5 Å². The van der Waals surface area contributed by atoms with Gasteiger partial charge >= 0.3 is 0 Å². The molecular formula is C23H35IN4O2. The molecule has 0 aliphatic heterocycles. The summed E-state index contributed by atoms with van der Waals surface area (Å²) < 4.78 is 10.7. The summed E-state index contributed by atoms with van der Waals surface area (Å²) in [5, 5.41) is 6.69. The van der Waals surface area contributed by atoms with E-state index in [0.29, 0.717) is 13.1 Å². The second-order valence-corrected chi connectivity index (χ2v) is 6.89. The van der Waals surface area contributed by atoms with Crippen LogP contribution in [-0.2, 0) is 19.6 Å². The molecule has 2 rings (SSSR count). The zero-order valence-corrected chi connectivity index (χ0v) is 21.0. The van der Waals surface area contributed by atoms with Gasteiger partial charge in [-0.05, 0) is 49.3 Å². The van der Waals surface area contributed by atoms with E-state index in [9.17, 15) is 0 Å². The highest BCUT2D eigenvalue weighted by molar-refractivity contribution is 14.0. The van der Waals surface area contributed by atoms with Crippen molar-refractivity contribution in [1.82, 2.24) is 15.5 Å². The highest BCUT2D eigenvalue weighted by atomic mass is 127. The second-order valence-electron chi connectivity index (χ2n) is 6.89. The molecule has 2 aromatic carbocycles. The first-order chi connectivity index (χ1) is 14.1. The zero-order chi connectivity index (χ0) is 21.1. The molecule has 0 radical (unpaired) electrons. The average Bonchev–Trinajstić information content (AvgIpc) is 2.75. The Labute approximate surface area is 198 Å². The van der Waals surface area contributed by atoms with E-state index in [1.165, 1.54) is 11.1 Å². The van der Waals surface area contributed by atoms with E-state index in [-0.39, 0.29) is 24.0 Å². The number of aliphatic imine (C=N–C) groups is 1. The molecule has 0 aromatic heterocycles. The van der Waals surface area contributed by atoms with Gasteiger partial charge in [0.05, 0.1) is 20.8 Å². The van der Waals surface area contributed by atoms with E-state index in [0.717, 1.165) is 42.7 Å². The zero-order valence-electron chi connectivity index (χ0n) is 18.7. The molecule has 0 heterocycles. The fourth-order valence-corrected chi connectivity index (χ4v) is 2.94. The van der Waals surface area contributed by atoms with Gasteiger partial charge in [-0.25, -0.2) is 4.99 Å². The molecule has 2 aromatic rings. The van der Waals surface area contributed by atoms with Crippen LogP contribution < -0.4 is 20.1 Å². The fraction of sp³-hybridized carbons (Fsp3) is 0.435. The lowest BCUT2D eigenvalue weighted by Gasteiger charge is -2.15. The fourth-order valence-electron chi connectivity index (χ4n) is 2.94. The smallest absolute Gasteiger partial charge is 0.191 e. The largest absolute Gasteiger partial charge is 0.493 e. The Bertz CT molecular complexity index is 799. The number of hydrogen-bond donors (Lipinski definition) is 2. The second kappa shape index (κ2) is 14.1. The quantitative estimate of drug-likeness (QED) is 0.278. The van der Waals surface area contributed by atoms with Crippen LogP contribution in [0.15, 0.2) is 47.5 Å². The molecule has 0 bridgehead atoms. The molecule has 166 valence electrons. The number of guanidine groups is 1. The number of halogens is 1. The van der Waals surface area contributed by atoms with Crippen molar-refractivity contribution in [2.75, 3.05) is 34.4 Å². The highest BCUT2D eigenvalue weighted by Crippen LogP contribution is 2.27. The van der Waals surface area contributed by atoms with Crippen LogP contribution in [0.5, 0.6) is 11.5 Å². The average molecular weight is 526 g/mol. The Kier molecular flexibility index (Phi) is 12.2. The number of benzene rings is 2. The molecule has 0 atom stereocenters. The molecule has 0 amide bonds. The minimum absolute atomic E-state index is 0. The van der Waals surface area contributed by atoms with Crippen LogP contribution in [-0.4, -0.2) is 45.2 Å². The molecule has 6 nitrogen and oxygen atoms in total. The standard InChI is InChI=1S/C23H34N4O2.HI/c1-6-24-23(26-16-19-11-12-21(28-4)22(14-19)29-5)25-15-18-9-8-10-20(13-18)17-27(3)7-2;/h8-14H,6-7,15-17H2,1-5H3,(H2,24,25,26);1H. The number of rotatable bonds is 10. The topological polar surface area (TPSA) is 58.1 Å². The SMILES string of the molecule is CCNC(=NCc1cccc(CN(C)CC)c1)NCc1ccc(OC)c(OC)c1.I. The summed E-state index contributed by atoms with van der Waals surface area (Å²) in [6, 6.07) is 14.5. The van der Waals surface area contributed by atoms with Crippen molar-refractivity contribution in [3.8, 4) is 11.5 Å². The Morgan fingerprint density at radius 1 is 0.933 bits per heavy atom. The lowest BCUT2D eigenvalue weighted by molar-refractivity contribution is 0.345. The molecule has 0 fully saturated rings. The van der Waals surface area contributed by atoms with Crippen LogP contribution in [0, 0.1) is 0 Å². The Balaban J connectivity index is 0.00000450. The van der Waals surface area contributed by atoms with Gasteiger partial charge in [-0.15, -0.1) is 24.0 Å². The summed E-state index contributed by atoms with van der Waals surface area (Å²) in [6.07, 6.45) is 0. The highest BCUT2D eigenvalue weighted by Gasteiger charge is 2.06. The van der Waals surface area contributed by atoms with E-state index in [1.54, 1.807) is 14.2 Å². The third kappa shape index (κ3) is 8.39. The van der Waals surface area contributed by atoms with Crippen molar-refractivity contribution in [2.45, 2.75) is 33.5 Å². The maximum absolute atomic E-state index is 5.38. The summed E-state index contributed by atoms with van der Waals surface area (Å²) in [7, 11) is 5.42. The van der Waals surface area contributed by atoms with Crippen molar-refractivity contribution in [1.29, 1.82) is 0 Å². The number of methoxy groups -OCH3 is 2. The number of nitrogens with one attached hydrogen (secondary N) is 2. The van der Waals surface area contributed by atoms with E-state index in [1.807, 2.05) is 18.2 Å². The first-order valence-corrected chi connectivity index (χ1v) is 10.1. The number of hydrogen-bond acceptors (Lipinski definition) is 4. The van der Waals surface area contributed by atoms with Crippen LogP contribution in [0.4, 0.5) is 0 Å². The monoisotopic (exact) mass is 526 g/mol. The molecule has 0 saturated heterocycles. The minimum atomic E-state index is 0. The molecule has 0 spiro atoms. The van der Waals surface area contributed by atoms with Gasteiger partial charge < -0.3 is 25.0 Å². The lowest BCUT2D eigenvalue weighted by atomic mass is 10.1. The number of ether oxygens (including phenoxy) is 2. The molecular weight excluding hydrogens is 491 g/mol. The van der Waals surface area contributed by atoms with Gasteiger partial charge in [0.15, 0.2) is 17.5 Å². The van der Waals surface area contributed by atoms with E-state index >= 15 is 0 Å². The van der Waals surface area contributed by atoms with Crippen LogP contribution in [0.1, 0.15) is 30.5 Å². The molecule has 0 aliphatic rings. The molecule has 0 unspecified atom stereocenters. The summed E-state index contributed by atoms with van der Waals surface area (Å²) in [6.45, 7) is 8.30. The van der Waals surface area contributed by atoms with Gasteiger partial charge in [0.2, 0.25) is 0 Å². The Morgan fingerprint density at radius 2 is 1.67 bits per heavy atom. The molecule has 2 N–H and O–H groups in total. The Morgan fingerprint density at radius 3 is 2.33 bits per heavy atom. The van der Waals surface area contributed by atoms with E-state index < -0.39 is 0 Å². The molecule has 7 heteroatoms. The first-order valence-electron chi connectivity index (χ1n) is 10.1. The van der Waals surface area contributed by atoms with Gasteiger partial charge in [-0.3, -0.25) is 0 Å². The van der Waals surface area contributed by atoms with Gasteiger partial charge in [0.1, 0.15) is 0 Å². The van der Waals surface area contributed by atoms with Gasteiger partial charge in [0, 0.05) is 19.6 Å². The summed E-state index contributed by atoms with van der Waals surface area (Å²) in [5.41, 5.74) is 3.61. The van der Waals surface area contributed by atoms with Crippen LogP contribution >= 0.6 is 24.0 Å². The van der Waals surface area contributed by atoms with Crippen molar-refractivity contribution in [2.24, 2.45) is 4.99 Å². The predicted octanol–water partition coefficient (Wildman–Crippen LogP) is 4.03. The molecule has 0 aliphatic carbocycles. The van der Waals surface area contributed by atoms with Crippen LogP contribution in [0.2, 0.25) is 0 Å². The van der Waals surface area contributed by atoms with Crippen LogP contribution in [0.3, 0.4) is 0 Å². The van der Waals surface area contributed by atoms with Crippen molar-refractivity contribution < 1.29 is 9.47 Å². The van der Waals surface area contributed by atoms with Gasteiger partial charge in [-0.2, -0.15) is 0 Å².